The zero-order chi connectivity index (χ0) is 11.7. The van der Waals surface area contributed by atoms with Crippen LogP contribution < -0.4 is 14.9 Å². The maximum atomic E-state index is 11.8. The van der Waals surface area contributed by atoms with E-state index in [9.17, 15) is 4.79 Å². The van der Waals surface area contributed by atoms with Crippen LogP contribution in [0, 0.1) is 6.92 Å². The summed E-state index contributed by atoms with van der Waals surface area (Å²) in [6, 6.07) is 3.52. The van der Waals surface area contributed by atoms with Crippen LogP contribution in [0.25, 0.3) is 0 Å². The third-order valence-corrected chi connectivity index (χ3v) is 2.29. The molecule has 0 saturated carbocycles. The standard InChI is InChI=1S/C11H14N2O3/c1-7-4-9-10(16-6-15-9)5-8(7)11(14)12-13(2)3/h4-5H,6H2,1-3H3,(H,12,14). The number of nitrogens with zero attached hydrogens (tertiary/aromatic N) is 1. The first-order valence-corrected chi connectivity index (χ1v) is 4.96. The van der Waals surface area contributed by atoms with Gasteiger partial charge in [-0.1, -0.05) is 0 Å². The fraction of sp³-hybridized carbons (Fsp3) is 0.364. The van der Waals surface area contributed by atoms with Crippen LogP contribution in [-0.2, 0) is 0 Å². The lowest BCUT2D eigenvalue weighted by molar-refractivity contribution is 0.0856. The molecule has 2 rings (SSSR count). The number of carbonyl (C=O) groups is 1. The molecule has 1 aromatic rings. The van der Waals surface area contributed by atoms with E-state index in [2.05, 4.69) is 5.43 Å². The zero-order valence-electron chi connectivity index (χ0n) is 9.53. The molecule has 0 fully saturated rings. The Kier molecular flexibility index (Phi) is 2.70. The summed E-state index contributed by atoms with van der Waals surface area (Å²) >= 11 is 0. The van der Waals surface area contributed by atoms with E-state index in [1.54, 1.807) is 25.2 Å². The third-order valence-electron chi connectivity index (χ3n) is 2.29. The predicted octanol–water partition coefficient (Wildman–Crippen LogP) is 0.930. The Labute approximate surface area is 93.9 Å². The van der Waals surface area contributed by atoms with Gasteiger partial charge in [0.05, 0.1) is 0 Å². The van der Waals surface area contributed by atoms with E-state index < -0.39 is 0 Å². The number of rotatable bonds is 2. The average molecular weight is 222 g/mol. The zero-order valence-corrected chi connectivity index (χ0v) is 9.53. The minimum atomic E-state index is -0.152. The van der Waals surface area contributed by atoms with E-state index in [0.29, 0.717) is 17.1 Å². The van der Waals surface area contributed by atoms with Gasteiger partial charge in [0.25, 0.3) is 5.91 Å². The lowest BCUT2D eigenvalue weighted by Gasteiger charge is -2.13. The van der Waals surface area contributed by atoms with Crippen LogP contribution in [0.4, 0.5) is 0 Å². The smallest absolute Gasteiger partial charge is 0.265 e. The minimum Gasteiger partial charge on any atom is -0.454 e. The Morgan fingerprint density at radius 2 is 1.94 bits per heavy atom. The summed E-state index contributed by atoms with van der Waals surface area (Å²) in [6.45, 7) is 2.08. The second-order valence-electron chi connectivity index (χ2n) is 3.86. The summed E-state index contributed by atoms with van der Waals surface area (Å²) in [4.78, 5) is 11.8. The molecule has 1 heterocycles. The lowest BCUT2D eigenvalue weighted by atomic mass is 10.1. The van der Waals surface area contributed by atoms with E-state index >= 15 is 0 Å². The highest BCUT2D eigenvalue weighted by atomic mass is 16.7. The number of hydrogen-bond donors (Lipinski definition) is 1. The highest BCUT2D eigenvalue weighted by Crippen LogP contribution is 2.34. The summed E-state index contributed by atoms with van der Waals surface area (Å²) in [5, 5.41) is 1.60. The first-order valence-electron chi connectivity index (χ1n) is 4.96. The Balaban J connectivity index is 2.31. The van der Waals surface area contributed by atoms with Crippen molar-refractivity contribution >= 4 is 5.91 Å². The quantitative estimate of drug-likeness (QED) is 0.756. The van der Waals surface area contributed by atoms with Crippen molar-refractivity contribution in [1.82, 2.24) is 10.4 Å². The van der Waals surface area contributed by atoms with Crippen LogP contribution >= 0.6 is 0 Å². The Hall–Kier alpha value is -1.75. The first kappa shape index (κ1) is 10.8. The van der Waals surface area contributed by atoms with E-state index in [1.165, 1.54) is 0 Å². The van der Waals surface area contributed by atoms with Gasteiger partial charge >= 0.3 is 0 Å². The summed E-state index contributed by atoms with van der Waals surface area (Å²) in [7, 11) is 3.53. The van der Waals surface area contributed by atoms with Gasteiger partial charge in [0.2, 0.25) is 6.79 Å². The average Bonchev–Trinajstić information content (AvgIpc) is 2.61. The molecular weight excluding hydrogens is 208 g/mol. The lowest BCUT2D eigenvalue weighted by Crippen LogP contribution is -2.36. The van der Waals surface area contributed by atoms with Crippen LogP contribution in [-0.4, -0.2) is 31.8 Å². The number of aryl methyl sites for hydroxylation is 1. The van der Waals surface area contributed by atoms with Crippen molar-refractivity contribution in [3.8, 4) is 11.5 Å². The minimum absolute atomic E-state index is 0.152. The topological polar surface area (TPSA) is 50.8 Å². The van der Waals surface area contributed by atoms with Gasteiger partial charge in [-0.05, 0) is 24.6 Å². The molecule has 0 unspecified atom stereocenters. The molecule has 1 N–H and O–H groups in total. The van der Waals surface area contributed by atoms with E-state index in [1.807, 2.05) is 13.0 Å². The normalized spacial score (nSPS) is 13.0. The van der Waals surface area contributed by atoms with E-state index in [4.69, 9.17) is 9.47 Å². The summed E-state index contributed by atoms with van der Waals surface area (Å²) < 4.78 is 10.5. The van der Waals surface area contributed by atoms with E-state index in [-0.39, 0.29) is 12.7 Å². The number of ether oxygens (including phenoxy) is 2. The maximum absolute atomic E-state index is 11.8. The van der Waals surface area contributed by atoms with E-state index in [0.717, 1.165) is 5.56 Å². The maximum Gasteiger partial charge on any atom is 0.265 e. The van der Waals surface area contributed by atoms with Crippen molar-refractivity contribution in [2.45, 2.75) is 6.92 Å². The van der Waals surface area contributed by atoms with Crippen LogP contribution in [0.15, 0.2) is 12.1 Å². The molecule has 5 heteroatoms. The monoisotopic (exact) mass is 222 g/mol. The molecule has 0 aromatic heterocycles. The SMILES string of the molecule is Cc1cc2c(cc1C(=O)NN(C)C)OCO2. The highest BCUT2D eigenvalue weighted by Gasteiger charge is 2.19. The van der Waals surface area contributed by atoms with Crippen LogP contribution in [0.5, 0.6) is 11.5 Å². The molecular formula is C11H14N2O3. The number of hydrazine groups is 1. The van der Waals surface area contributed by atoms with Crippen molar-refractivity contribution in [3.05, 3.63) is 23.3 Å². The second kappa shape index (κ2) is 4.02. The predicted molar refractivity (Wildman–Crippen MR) is 58.5 cm³/mol. The summed E-state index contributed by atoms with van der Waals surface area (Å²) in [6.07, 6.45) is 0. The fourth-order valence-corrected chi connectivity index (χ4v) is 1.55. The van der Waals surface area contributed by atoms with Crippen molar-refractivity contribution < 1.29 is 14.3 Å². The number of fused-ring (bicyclic) bond motifs is 1. The number of hydrogen-bond acceptors (Lipinski definition) is 4. The van der Waals surface area contributed by atoms with Crippen LogP contribution in [0.3, 0.4) is 0 Å². The molecule has 1 aliphatic rings. The summed E-state index contributed by atoms with van der Waals surface area (Å²) in [5.74, 6) is 1.16. The van der Waals surface area contributed by atoms with Gasteiger partial charge in [-0.15, -0.1) is 0 Å². The number of nitrogens with one attached hydrogen (secondary N) is 1. The van der Waals surface area contributed by atoms with Crippen LogP contribution in [0.2, 0.25) is 0 Å². The molecule has 16 heavy (non-hydrogen) atoms. The van der Waals surface area contributed by atoms with Crippen molar-refractivity contribution in [2.75, 3.05) is 20.9 Å². The van der Waals surface area contributed by atoms with Crippen LogP contribution in [0.1, 0.15) is 15.9 Å². The van der Waals surface area contributed by atoms with Gasteiger partial charge in [-0.25, -0.2) is 5.01 Å². The third kappa shape index (κ3) is 1.94. The highest BCUT2D eigenvalue weighted by molar-refractivity contribution is 5.96. The van der Waals surface area contributed by atoms with Gasteiger partial charge in [0.1, 0.15) is 0 Å². The Bertz CT molecular complexity index is 429. The number of amides is 1. The van der Waals surface area contributed by atoms with Gasteiger partial charge in [0, 0.05) is 19.7 Å². The van der Waals surface area contributed by atoms with Gasteiger partial charge < -0.3 is 9.47 Å². The number of carbonyl (C=O) groups excluding carboxylic acids is 1. The second-order valence-corrected chi connectivity index (χ2v) is 3.86. The van der Waals surface area contributed by atoms with Crippen molar-refractivity contribution in [2.24, 2.45) is 0 Å². The Morgan fingerprint density at radius 3 is 2.56 bits per heavy atom. The van der Waals surface area contributed by atoms with Crippen molar-refractivity contribution in [1.29, 1.82) is 0 Å². The molecule has 5 nitrogen and oxygen atoms in total. The van der Waals surface area contributed by atoms with Gasteiger partial charge in [-0.3, -0.25) is 10.2 Å². The molecule has 0 radical (unpaired) electrons. The van der Waals surface area contributed by atoms with Gasteiger partial charge in [0.15, 0.2) is 11.5 Å². The largest absolute Gasteiger partial charge is 0.454 e. The molecule has 1 amide bonds. The molecule has 0 bridgehead atoms. The molecule has 1 aromatic carbocycles. The molecule has 0 spiro atoms. The Morgan fingerprint density at radius 1 is 1.31 bits per heavy atom. The molecule has 0 aliphatic carbocycles. The van der Waals surface area contributed by atoms with Crippen molar-refractivity contribution in [3.63, 3.8) is 0 Å². The molecule has 86 valence electrons. The molecule has 1 aliphatic heterocycles. The number of benzene rings is 1. The first-order chi connectivity index (χ1) is 7.58. The molecule has 0 saturated heterocycles. The molecule has 0 atom stereocenters. The fourth-order valence-electron chi connectivity index (χ4n) is 1.55. The summed E-state index contributed by atoms with van der Waals surface area (Å²) in [5.41, 5.74) is 4.15. The van der Waals surface area contributed by atoms with Gasteiger partial charge in [-0.2, -0.15) is 0 Å².